The SMILES string of the molecule is C=C(N)[C@H](C)[C@H](C)[C@H](NC(=O)[C@@H](NC(=O)[C@@H](NC(=O)CNC(=O)C(C)(O)C(O)/C=C\C(C)=C\C(C)CC)[C@@H](C)O)[C@@H](C)N)C(=O)N[C@H]1C(=O)N[C@H](COC)C(=O)NCC(=O)N[C@@H](C)C(=O)N(C)C([C@@H](C)O)C(=O)NC([C@H](OC)c2ccc(O[C@@H]3O[C@@H](C)[C@H](O)[C@@H](O)[C@H]3O)cc2)C(=O)N2CCCCC2C(=O)O[C@@H]1C(C)C. The number of esters is 1. The molecule has 6 unspecified atom stereocenters. The van der Waals surface area contributed by atoms with Crippen LogP contribution in [0.25, 0.3) is 0 Å². The van der Waals surface area contributed by atoms with Gasteiger partial charge in [0.25, 0.3) is 5.91 Å². The van der Waals surface area contributed by atoms with E-state index in [1.807, 2.05) is 19.9 Å². The average Bonchev–Trinajstić information content (AvgIpc) is 0.794. The summed E-state index contributed by atoms with van der Waals surface area (Å²) in [6.45, 7) is 20.3. The van der Waals surface area contributed by atoms with Crippen molar-refractivity contribution < 1.29 is 117 Å². The minimum atomic E-state index is -2.46. The Morgan fingerprint density at radius 3 is 1.99 bits per heavy atom. The maximum Gasteiger partial charge on any atom is 0.329 e. The molecule has 1 aromatic carbocycles. The molecular formula is C73H117N13O24. The number of nitrogens with one attached hydrogen (secondary N) is 9. The zero-order valence-electron chi connectivity index (χ0n) is 65.4. The van der Waals surface area contributed by atoms with Gasteiger partial charge in [-0.2, -0.15) is 0 Å². The number of aliphatic hydroxyl groups is 7. The molecule has 0 spiro atoms. The number of ether oxygens (including phenoxy) is 5. The third-order valence-corrected chi connectivity index (χ3v) is 19.7. The fourth-order valence-electron chi connectivity index (χ4n) is 12.5. The van der Waals surface area contributed by atoms with Crippen LogP contribution in [-0.2, 0) is 76.5 Å². The van der Waals surface area contributed by atoms with Crippen molar-refractivity contribution in [2.75, 3.05) is 47.5 Å². The zero-order valence-corrected chi connectivity index (χ0v) is 65.4. The molecule has 37 heteroatoms. The first kappa shape index (κ1) is 93.6. The fourth-order valence-corrected chi connectivity index (χ4v) is 12.5. The summed E-state index contributed by atoms with van der Waals surface area (Å²) in [5.41, 5.74) is 11.0. The molecule has 24 atom stereocenters. The lowest BCUT2D eigenvalue weighted by Gasteiger charge is -2.40. The summed E-state index contributed by atoms with van der Waals surface area (Å²) in [7, 11) is 3.51. The highest BCUT2D eigenvalue weighted by molar-refractivity contribution is 6.00. The standard InChI is InChI=1S/C73H117N13O24/c1-18-34(4)29-35(5)22-27-48(89)73(14,105)72(104)77-31-50(91)80-53(41(11)87)65(98)82-52(39(9)75)64(97)81-51(37(7)36(6)38(8)74)63(96)83-54-60(33(2)3)110-70(103)47-21-19-20-28-86(47)69(102)55(61(107-17)44-23-25-45(26-24-44)109-71-59(94)58(93)57(92)43(13)108-71)84-67(100)56(42(12)88)85(15)68(101)40(10)78-49(90)30-76-62(95)46(32-106-16)79-66(54)99/h22-27,29,33-34,36-37,39-43,46-48,51-61,71,87-89,92-94,105H,8,18-21,28,30-32,74-75H2,1-7,9-17H3,(H,76,95)(H,77,104)(H,78,90)(H,79,99)(H,80,91)(H,81,97)(H,82,98)(H,83,96)(H,84,100)/b27-22-,35-29+/t34?,36-,37+,39-,40+,41-,42-,43+,46-,47?,48?,51+,52+,53+,54-,55?,56?,57+,58-,59-,60-,61-,71+,73?/m1/s1. The van der Waals surface area contributed by atoms with Gasteiger partial charge in [0.05, 0.1) is 38.0 Å². The lowest BCUT2D eigenvalue weighted by Crippen LogP contribution is -2.66. The number of hydrogen-bond donors (Lipinski definition) is 18. The van der Waals surface area contributed by atoms with Crippen molar-refractivity contribution in [2.24, 2.45) is 35.1 Å². The van der Waals surface area contributed by atoms with Gasteiger partial charge in [0.1, 0.15) is 96.7 Å². The Bertz CT molecular complexity index is 3430. The Morgan fingerprint density at radius 1 is 0.809 bits per heavy atom. The molecule has 4 rings (SSSR count). The van der Waals surface area contributed by atoms with Gasteiger partial charge in [-0.1, -0.05) is 90.5 Å². The smallest absolute Gasteiger partial charge is 0.329 e. The molecule has 3 heterocycles. The van der Waals surface area contributed by atoms with Gasteiger partial charge < -0.3 is 129 Å². The molecule has 0 aliphatic carbocycles. The van der Waals surface area contributed by atoms with E-state index in [4.69, 9.17) is 35.2 Å². The summed E-state index contributed by atoms with van der Waals surface area (Å²) >= 11 is 0. The number of piperidine rings is 1. The summed E-state index contributed by atoms with van der Waals surface area (Å²) in [4.78, 5) is 176. The maximum absolute atomic E-state index is 15.7. The molecule has 0 radical (unpaired) electrons. The zero-order chi connectivity index (χ0) is 83.3. The van der Waals surface area contributed by atoms with E-state index in [1.165, 1.54) is 106 Å². The van der Waals surface area contributed by atoms with Gasteiger partial charge in [-0.3, -0.25) is 52.7 Å². The van der Waals surface area contributed by atoms with E-state index in [1.54, 1.807) is 6.92 Å². The van der Waals surface area contributed by atoms with E-state index in [9.17, 15) is 74.1 Å². The van der Waals surface area contributed by atoms with Crippen molar-refractivity contribution in [3.05, 3.63) is 65.9 Å². The van der Waals surface area contributed by atoms with Crippen LogP contribution in [0.15, 0.2) is 60.3 Å². The average molecular weight is 1560 g/mol. The lowest BCUT2D eigenvalue weighted by molar-refractivity contribution is -0.268. The van der Waals surface area contributed by atoms with E-state index < -0.39 is 236 Å². The molecule has 0 aromatic heterocycles. The van der Waals surface area contributed by atoms with Crippen molar-refractivity contribution in [1.82, 2.24) is 57.7 Å². The number of likely N-dealkylation sites (N-methyl/N-ethyl adjacent to an activating group) is 1. The molecule has 3 aliphatic heterocycles. The van der Waals surface area contributed by atoms with Crippen LogP contribution in [0, 0.1) is 23.7 Å². The monoisotopic (exact) mass is 1560 g/mol. The van der Waals surface area contributed by atoms with Gasteiger partial charge in [-0.15, -0.1) is 0 Å². The summed E-state index contributed by atoms with van der Waals surface area (Å²) in [6, 6.07) is -11.8. The first-order valence-electron chi connectivity index (χ1n) is 36.6. The predicted octanol–water partition coefficient (Wildman–Crippen LogP) is -4.82. The number of allylic oxidation sites excluding steroid dienone is 4. The van der Waals surface area contributed by atoms with E-state index in [-0.39, 0.29) is 48.7 Å². The largest absolute Gasteiger partial charge is 0.462 e. The molecule has 110 heavy (non-hydrogen) atoms. The number of carbonyl (C=O) groups excluding carboxylic acids is 12. The number of methoxy groups -OCH3 is 2. The van der Waals surface area contributed by atoms with Gasteiger partial charge in [0.15, 0.2) is 5.60 Å². The molecule has 3 aliphatic rings. The van der Waals surface area contributed by atoms with Crippen molar-refractivity contribution in [3.63, 3.8) is 0 Å². The summed E-state index contributed by atoms with van der Waals surface area (Å²) in [6.07, 6.45) is -9.74. The van der Waals surface area contributed by atoms with Gasteiger partial charge in [0.2, 0.25) is 65.4 Å². The van der Waals surface area contributed by atoms with Crippen LogP contribution in [0.5, 0.6) is 5.75 Å². The number of carbonyl (C=O) groups is 12. The van der Waals surface area contributed by atoms with Gasteiger partial charge in [-0.25, -0.2) is 4.79 Å². The molecule has 3 fully saturated rings. The molecule has 11 amide bonds. The van der Waals surface area contributed by atoms with Crippen LogP contribution in [-0.4, -0.2) is 285 Å². The fraction of sp³-hybridized carbons (Fsp3) is 0.671. The number of cyclic esters (lactones) is 1. The molecule has 20 N–H and O–H groups in total. The molecular weight excluding hydrogens is 1440 g/mol. The van der Waals surface area contributed by atoms with Crippen molar-refractivity contribution >= 4 is 70.9 Å². The third-order valence-electron chi connectivity index (χ3n) is 19.7. The highest BCUT2D eigenvalue weighted by Crippen LogP contribution is 2.31. The van der Waals surface area contributed by atoms with Gasteiger partial charge in [-0.05, 0) is 103 Å². The van der Waals surface area contributed by atoms with Crippen LogP contribution in [0.4, 0.5) is 0 Å². The second-order valence-electron chi connectivity index (χ2n) is 29.1. The Kier molecular flexibility index (Phi) is 36.3. The number of benzene rings is 1. The Balaban J connectivity index is 1.83. The second kappa shape index (κ2) is 42.6. The summed E-state index contributed by atoms with van der Waals surface area (Å²) < 4.78 is 29.0. The first-order valence-corrected chi connectivity index (χ1v) is 36.6. The molecule has 1 aromatic rings. The maximum atomic E-state index is 15.7. The van der Waals surface area contributed by atoms with Gasteiger partial charge >= 0.3 is 5.97 Å². The van der Waals surface area contributed by atoms with Crippen LogP contribution in [0.3, 0.4) is 0 Å². The van der Waals surface area contributed by atoms with Crippen molar-refractivity contribution in [2.45, 2.75) is 243 Å². The minimum absolute atomic E-state index is 0.0111. The second-order valence-corrected chi connectivity index (χ2v) is 29.1. The predicted molar refractivity (Wildman–Crippen MR) is 395 cm³/mol. The minimum Gasteiger partial charge on any atom is -0.462 e. The number of fused-ring (bicyclic) bond motifs is 1. The van der Waals surface area contributed by atoms with E-state index in [0.29, 0.717) is 0 Å². The highest BCUT2D eigenvalue weighted by Gasteiger charge is 2.48. The normalized spacial score (nSPS) is 27.5. The molecule has 0 bridgehead atoms. The molecule has 0 saturated carbocycles. The summed E-state index contributed by atoms with van der Waals surface area (Å²) in [5, 5.41) is 97.1. The Morgan fingerprint density at radius 2 is 1.43 bits per heavy atom. The van der Waals surface area contributed by atoms with Crippen molar-refractivity contribution in [3.8, 4) is 5.75 Å². The number of aliphatic hydroxyl groups excluding tert-OH is 6. The van der Waals surface area contributed by atoms with Gasteiger partial charge in [0, 0.05) is 45.5 Å². The highest BCUT2D eigenvalue weighted by atomic mass is 16.7. The van der Waals surface area contributed by atoms with E-state index in [0.717, 1.165) is 42.7 Å². The van der Waals surface area contributed by atoms with Crippen LogP contribution in [0.1, 0.15) is 127 Å². The number of nitrogens with zero attached hydrogens (tertiary/aromatic N) is 2. The van der Waals surface area contributed by atoms with Crippen LogP contribution in [0.2, 0.25) is 0 Å². The van der Waals surface area contributed by atoms with E-state index in [2.05, 4.69) is 54.4 Å². The molecule has 3 saturated heterocycles. The Labute approximate surface area is 640 Å². The number of nitrogens with two attached hydrogens (primary N) is 2. The molecule has 37 nitrogen and oxygen atoms in total. The topological polar surface area (TPSA) is 559 Å². The third kappa shape index (κ3) is 25.4. The van der Waals surface area contributed by atoms with E-state index >= 15 is 19.2 Å². The van der Waals surface area contributed by atoms with Crippen molar-refractivity contribution in [1.29, 1.82) is 0 Å². The summed E-state index contributed by atoms with van der Waals surface area (Å²) in [5.74, 6) is -16.1. The Hall–Kier alpha value is -8.76. The number of hydrogen-bond acceptors (Lipinski definition) is 26. The lowest BCUT2D eigenvalue weighted by atomic mass is 9.85. The number of rotatable bonds is 29. The first-order chi connectivity index (χ1) is 51.4. The molecule has 618 valence electrons. The van der Waals surface area contributed by atoms with Crippen LogP contribution < -0.4 is 64.1 Å². The quantitative estimate of drug-likeness (QED) is 0.0264. The number of amides is 11. The van der Waals surface area contributed by atoms with Crippen LogP contribution >= 0.6 is 0 Å².